The van der Waals surface area contributed by atoms with Crippen LogP contribution < -0.4 is 10.6 Å². The Kier molecular flexibility index (Phi) is 4.96. The maximum Gasteiger partial charge on any atom is 0.335 e. The molecule has 2 rings (SSSR count). The van der Waals surface area contributed by atoms with Crippen LogP contribution in [0, 0.1) is 0 Å². The number of carboxylic acids is 1. The lowest BCUT2D eigenvalue weighted by atomic mass is 9.98. The predicted molar refractivity (Wildman–Crippen MR) is 81.6 cm³/mol. The normalized spacial score (nSPS) is 15.4. The quantitative estimate of drug-likeness (QED) is 0.870. The first-order valence-electron chi connectivity index (χ1n) is 7.41. The van der Waals surface area contributed by atoms with Crippen LogP contribution in [0.15, 0.2) is 18.2 Å². The van der Waals surface area contributed by atoms with Gasteiger partial charge in [-0.05, 0) is 56.4 Å². The van der Waals surface area contributed by atoms with Gasteiger partial charge in [0.05, 0.1) is 5.56 Å². The number of fused-ring (bicyclic) bond motifs is 1. The van der Waals surface area contributed by atoms with Gasteiger partial charge in [-0.2, -0.15) is 0 Å². The maximum atomic E-state index is 12.3. The van der Waals surface area contributed by atoms with E-state index in [0.29, 0.717) is 13.0 Å². The third kappa shape index (κ3) is 3.82. The Morgan fingerprint density at radius 1 is 1.43 bits per heavy atom. The van der Waals surface area contributed by atoms with Gasteiger partial charge < -0.3 is 15.7 Å². The molecular weight excluding hydrogens is 268 g/mol. The molecular formula is C16H22N2O3. The lowest BCUT2D eigenvalue weighted by molar-refractivity contribution is -0.118. The maximum absolute atomic E-state index is 12.3. The number of aromatic carboxylic acids is 1. The number of carbonyl (C=O) groups excluding carboxylic acids is 1. The Bertz CT molecular complexity index is 540. The Hall–Kier alpha value is -1.88. The predicted octanol–water partition coefficient (Wildman–Crippen LogP) is 2.18. The first-order chi connectivity index (χ1) is 9.99. The summed E-state index contributed by atoms with van der Waals surface area (Å²) in [7, 11) is 0. The van der Waals surface area contributed by atoms with Gasteiger partial charge in [0.2, 0.25) is 5.91 Å². The molecule has 1 aromatic rings. The average molecular weight is 290 g/mol. The number of carboxylic acid groups (broad SMARTS) is 1. The second kappa shape index (κ2) is 6.72. The molecule has 5 nitrogen and oxygen atoms in total. The molecule has 0 bridgehead atoms. The molecule has 0 fully saturated rings. The van der Waals surface area contributed by atoms with Crippen LogP contribution in [0.3, 0.4) is 0 Å². The lowest BCUT2D eigenvalue weighted by Crippen LogP contribution is -2.35. The van der Waals surface area contributed by atoms with Crippen molar-refractivity contribution in [2.75, 3.05) is 11.4 Å². The van der Waals surface area contributed by atoms with E-state index in [1.165, 1.54) is 0 Å². The number of hydrogen-bond donors (Lipinski definition) is 2. The Labute approximate surface area is 124 Å². The zero-order valence-electron chi connectivity index (χ0n) is 12.3. The fraction of sp³-hybridized carbons (Fsp3) is 0.500. The number of amides is 1. The summed E-state index contributed by atoms with van der Waals surface area (Å²) >= 11 is 0. The summed E-state index contributed by atoms with van der Waals surface area (Å²) in [6.45, 7) is 2.64. The summed E-state index contributed by atoms with van der Waals surface area (Å²) in [4.78, 5) is 25.1. The molecule has 0 radical (unpaired) electrons. The van der Waals surface area contributed by atoms with Crippen LogP contribution in [-0.4, -0.2) is 29.6 Å². The summed E-state index contributed by atoms with van der Waals surface area (Å²) in [5, 5.41) is 9.04. The van der Waals surface area contributed by atoms with Crippen molar-refractivity contribution in [1.29, 1.82) is 0 Å². The Morgan fingerprint density at radius 3 is 2.86 bits per heavy atom. The van der Waals surface area contributed by atoms with Gasteiger partial charge in [0.25, 0.3) is 0 Å². The highest BCUT2D eigenvalue weighted by molar-refractivity contribution is 5.96. The number of nitrogens with two attached hydrogens (primary N) is 1. The van der Waals surface area contributed by atoms with Crippen molar-refractivity contribution in [1.82, 2.24) is 0 Å². The average Bonchev–Trinajstić information content (AvgIpc) is 2.45. The van der Waals surface area contributed by atoms with Gasteiger partial charge in [0.15, 0.2) is 0 Å². The molecule has 0 saturated heterocycles. The number of aryl methyl sites for hydroxylation is 1. The molecule has 3 N–H and O–H groups in total. The van der Waals surface area contributed by atoms with Crippen LogP contribution in [0.1, 0.15) is 48.5 Å². The number of carbonyl (C=O) groups is 2. The van der Waals surface area contributed by atoms with Gasteiger partial charge in [-0.1, -0.05) is 0 Å². The topological polar surface area (TPSA) is 83.6 Å². The van der Waals surface area contributed by atoms with Crippen molar-refractivity contribution in [3.05, 3.63) is 29.3 Å². The Balaban J connectivity index is 2.10. The molecule has 114 valence electrons. The molecule has 1 amide bonds. The fourth-order valence-electron chi connectivity index (χ4n) is 2.70. The van der Waals surface area contributed by atoms with Crippen LogP contribution in [0.25, 0.3) is 0 Å². The van der Waals surface area contributed by atoms with Crippen molar-refractivity contribution < 1.29 is 14.7 Å². The van der Waals surface area contributed by atoms with E-state index in [1.807, 2.05) is 6.92 Å². The first kappa shape index (κ1) is 15.5. The summed E-state index contributed by atoms with van der Waals surface area (Å²) in [5.41, 5.74) is 7.78. The molecule has 1 aliphatic heterocycles. The summed E-state index contributed by atoms with van der Waals surface area (Å²) in [6.07, 6.45) is 3.80. The van der Waals surface area contributed by atoms with E-state index in [1.54, 1.807) is 23.1 Å². The zero-order chi connectivity index (χ0) is 15.4. The highest BCUT2D eigenvalue weighted by atomic mass is 16.4. The number of nitrogens with zero attached hydrogens (tertiary/aromatic N) is 1. The van der Waals surface area contributed by atoms with Crippen LogP contribution in [0.2, 0.25) is 0 Å². The molecule has 0 spiro atoms. The van der Waals surface area contributed by atoms with Crippen molar-refractivity contribution in [2.45, 2.75) is 45.1 Å². The molecule has 1 atom stereocenters. The Morgan fingerprint density at radius 2 is 2.19 bits per heavy atom. The number of benzene rings is 1. The molecule has 1 aliphatic rings. The van der Waals surface area contributed by atoms with Gasteiger partial charge in [-0.25, -0.2) is 4.79 Å². The molecule has 0 aliphatic carbocycles. The highest BCUT2D eigenvalue weighted by Gasteiger charge is 2.23. The molecule has 0 aromatic heterocycles. The van der Waals surface area contributed by atoms with Crippen LogP contribution in [-0.2, 0) is 11.2 Å². The van der Waals surface area contributed by atoms with E-state index < -0.39 is 5.97 Å². The minimum Gasteiger partial charge on any atom is -0.478 e. The number of anilines is 1. The second-order valence-electron chi connectivity index (χ2n) is 5.67. The third-order valence-corrected chi connectivity index (χ3v) is 3.80. The molecule has 21 heavy (non-hydrogen) atoms. The lowest BCUT2D eigenvalue weighted by Gasteiger charge is -2.30. The molecule has 1 unspecified atom stereocenters. The van der Waals surface area contributed by atoms with E-state index in [4.69, 9.17) is 10.8 Å². The van der Waals surface area contributed by atoms with E-state index in [2.05, 4.69) is 0 Å². The summed E-state index contributed by atoms with van der Waals surface area (Å²) in [5.74, 6) is -0.835. The van der Waals surface area contributed by atoms with Gasteiger partial charge in [0, 0.05) is 24.7 Å². The van der Waals surface area contributed by atoms with Crippen LogP contribution in [0.5, 0.6) is 0 Å². The van der Waals surface area contributed by atoms with E-state index in [-0.39, 0.29) is 17.5 Å². The van der Waals surface area contributed by atoms with Crippen molar-refractivity contribution in [2.24, 2.45) is 5.73 Å². The van der Waals surface area contributed by atoms with E-state index in [0.717, 1.165) is 36.9 Å². The summed E-state index contributed by atoms with van der Waals surface area (Å²) in [6, 6.07) is 5.11. The van der Waals surface area contributed by atoms with E-state index >= 15 is 0 Å². The number of hydrogen-bond acceptors (Lipinski definition) is 3. The molecule has 5 heteroatoms. The monoisotopic (exact) mass is 290 g/mol. The third-order valence-electron chi connectivity index (χ3n) is 3.80. The summed E-state index contributed by atoms with van der Waals surface area (Å²) < 4.78 is 0. The first-order valence-corrected chi connectivity index (χ1v) is 7.41. The minimum atomic E-state index is -0.932. The molecule has 1 aromatic carbocycles. The van der Waals surface area contributed by atoms with Crippen LogP contribution in [0.4, 0.5) is 5.69 Å². The minimum absolute atomic E-state index is 0.0969. The van der Waals surface area contributed by atoms with Gasteiger partial charge in [-0.15, -0.1) is 0 Å². The van der Waals surface area contributed by atoms with E-state index in [9.17, 15) is 9.59 Å². The van der Waals surface area contributed by atoms with Gasteiger partial charge >= 0.3 is 5.97 Å². The fourth-order valence-corrected chi connectivity index (χ4v) is 2.70. The highest BCUT2D eigenvalue weighted by Crippen LogP contribution is 2.29. The zero-order valence-corrected chi connectivity index (χ0v) is 12.3. The standard InChI is InChI=1S/C16H22N2O3/c1-11(17)4-2-6-15(19)18-9-3-5-12-10-13(16(20)21)7-8-14(12)18/h7-8,10-11H,2-6,9,17H2,1H3,(H,20,21). The van der Waals surface area contributed by atoms with Gasteiger partial charge in [-0.3, -0.25) is 4.79 Å². The molecule has 1 heterocycles. The van der Waals surface area contributed by atoms with Crippen LogP contribution >= 0.6 is 0 Å². The van der Waals surface area contributed by atoms with Crippen molar-refractivity contribution in [3.8, 4) is 0 Å². The smallest absolute Gasteiger partial charge is 0.335 e. The SMILES string of the molecule is CC(N)CCCC(=O)N1CCCc2cc(C(=O)O)ccc21. The van der Waals surface area contributed by atoms with Crippen molar-refractivity contribution >= 4 is 17.6 Å². The number of rotatable bonds is 5. The largest absolute Gasteiger partial charge is 0.478 e. The van der Waals surface area contributed by atoms with Gasteiger partial charge in [0.1, 0.15) is 0 Å². The second-order valence-corrected chi connectivity index (χ2v) is 5.67. The van der Waals surface area contributed by atoms with Crippen molar-refractivity contribution in [3.63, 3.8) is 0 Å². The molecule has 0 saturated carbocycles.